The SMILES string of the molecule is CC(C)(c1ccccc1)C(CCCCc1ccc(O)cc1)C(C)(C)c1ccccc1. The molecule has 0 unspecified atom stereocenters. The van der Waals surface area contributed by atoms with Gasteiger partial charge in [0.25, 0.3) is 0 Å². The molecule has 0 aliphatic rings. The maximum Gasteiger partial charge on any atom is 0.115 e. The lowest BCUT2D eigenvalue weighted by atomic mass is 9.58. The summed E-state index contributed by atoms with van der Waals surface area (Å²) in [6.07, 6.45) is 4.60. The number of benzene rings is 3. The van der Waals surface area contributed by atoms with Crippen LogP contribution in [0.5, 0.6) is 5.75 Å². The Hall–Kier alpha value is -2.54. The zero-order valence-electron chi connectivity index (χ0n) is 18.9. The van der Waals surface area contributed by atoms with Crippen molar-refractivity contribution >= 4 is 0 Å². The fourth-order valence-corrected chi connectivity index (χ4v) is 5.10. The average Bonchev–Trinajstić information content (AvgIpc) is 2.76. The normalized spacial score (nSPS) is 12.3. The second-order valence-corrected chi connectivity index (χ2v) is 9.64. The lowest BCUT2D eigenvalue weighted by Crippen LogP contribution is -2.42. The van der Waals surface area contributed by atoms with Crippen molar-refractivity contribution in [3.63, 3.8) is 0 Å². The molecule has 3 aromatic carbocycles. The van der Waals surface area contributed by atoms with Crippen LogP contribution in [0.15, 0.2) is 84.9 Å². The Morgan fingerprint density at radius 1 is 0.633 bits per heavy atom. The predicted octanol–water partition coefficient (Wildman–Crippen LogP) is 7.68. The Morgan fingerprint density at radius 2 is 1.10 bits per heavy atom. The number of hydrogen-bond acceptors (Lipinski definition) is 1. The third kappa shape index (κ3) is 5.14. The van der Waals surface area contributed by atoms with Crippen LogP contribution in [0.25, 0.3) is 0 Å². The number of unbranched alkanes of at least 4 members (excludes halogenated alkanes) is 1. The quantitative estimate of drug-likeness (QED) is 0.365. The van der Waals surface area contributed by atoms with Crippen LogP contribution in [0.4, 0.5) is 0 Å². The van der Waals surface area contributed by atoms with E-state index in [4.69, 9.17) is 0 Å². The molecule has 1 nitrogen and oxygen atoms in total. The van der Waals surface area contributed by atoms with Gasteiger partial charge >= 0.3 is 0 Å². The van der Waals surface area contributed by atoms with Crippen LogP contribution in [0.3, 0.4) is 0 Å². The first-order valence-corrected chi connectivity index (χ1v) is 11.2. The second-order valence-electron chi connectivity index (χ2n) is 9.64. The minimum absolute atomic E-state index is 0.0686. The van der Waals surface area contributed by atoms with Crippen LogP contribution in [0, 0.1) is 5.92 Å². The lowest BCUT2D eigenvalue weighted by Gasteiger charge is -2.46. The molecule has 0 spiro atoms. The summed E-state index contributed by atoms with van der Waals surface area (Å²) in [5.41, 5.74) is 4.27. The maximum atomic E-state index is 9.50. The van der Waals surface area contributed by atoms with Crippen LogP contribution in [-0.2, 0) is 17.3 Å². The van der Waals surface area contributed by atoms with Gasteiger partial charge in [-0.2, -0.15) is 0 Å². The number of hydrogen-bond donors (Lipinski definition) is 1. The highest BCUT2D eigenvalue weighted by Crippen LogP contribution is 2.47. The Morgan fingerprint density at radius 3 is 1.57 bits per heavy atom. The van der Waals surface area contributed by atoms with E-state index in [-0.39, 0.29) is 10.8 Å². The van der Waals surface area contributed by atoms with Gasteiger partial charge in [-0.15, -0.1) is 0 Å². The van der Waals surface area contributed by atoms with Gasteiger partial charge in [-0.05, 0) is 64.8 Å². The molecule has 0 saturated carbocycles. The molecule has 0 saturated heterocycles. The monoisotopic (exact) mass is 400 g/mol. The molecule has 1 heteroatoms. The van der Waals surface area contributed by atoms with Gasteiger partial charge in [0.2, 0.25) is 0 Å². The summed E-state index contributed by atoms with van der Waals surface area (Å²) in [6, 6.07) is 29.6. The highest BCUT2D eigenvalue weighted by Gasteiger charge is 2.41. The molecule has 30 heavy (non-hydrogen) atoms. The van der Waals surface area contributed by atoms with E-state index in [9.17, 15) is 5.11 Å². The molecule has 0 radical (unpaired) electrons. The standard InChI is InChI=1S/C29H36O/c1-28(2,24-14-7-5-8-15-24)27(29(3,4)25-16-9-6-10-17-25)18-12-11-13-23-19-21-26(30)22-20-23/h5-10,14-17,19-22,27,30H,11-13,18H2,1-4H3. The predicted molar refractivity (Wildman–Crippen MR) is 128 cm³/mol. The van der Waals surface area contributed by atoms with Crippen LogP contribution in [-0.4, -0.2) is 5.11 Å². The van der Waals surface area contributed by atoms with Crippen molar-refractivity contribution in [3.8, 4) is 5.75 Å². The minimum atomic E-state index is 0.0686. The molecular formula is C29H36O. The number of phenols is 1. The molecule has 0 atom stereocenters. The Bertz CT molecular complexity index is 841. The number of phenolic OH excluding ortho intramolecular Hbond substituents is 1. The Labute approximate surface area is 182 Å². The summed E-state index contributed by atoms with van der Waals surface area (Å²) in [5.74, 6) is 0.850. The summed E-state index contributed by atoms with van der Waals surface area (Å²) in [5, 5.41) is 9.50. The van der Waals surface area contributed by atoms with Gasteiger partial charge < -0.3 is 5.11 Å². The van der Waals surface area contributed by atoms with Gasteiger partial charge in [0.15, 0.2) is 0 Å². The van der Waals surface area contributed by atoms with Crippen molar-refractivity contribution in [2.75, 3.05) is 0 Å². The Kier molecular flexibility index (Phi) is 7.02. The maximum absolute atomic E-state index is 9.50. The number of aryl methyl sites for hydroxylation is 1. The third-order valence-corrected chi connectivity index (χ3v) is 6.92. The second kappa shape index (κ2) is 9.51. The van der Waals surface area contributed by atoms with Gasteiger partial charge in [0.1, 0.15) is 5.75 Å². The molecule has 158 valence electrons. The topological polar surface area (TPSA) is 20.2 Å². The van der Waals surface area contributed by atoms with Crippen molar-refractivity contribution < 1.29 is 5.11 Å². The van der Waals surface area contributed by atoms with Crippen LogP contribution < -0.4 is 0 Å². The molecule has 0 aliphatic carbocycles. The fourth-order valence-electron chi connectivity index (χ4n) is 5.10. The Balaban J connectivity index is 1.79. The van der Waals surface area contributed by atoms with Crippen LogP contribution in [0.2, 0.25) is 0 Å². The zero-order valence-corrected chi connectivity index (χ0v) is 18.9. The van der Waals surface area contributed by atoms with Crippen molar-refractivity contribution in [1.29, 1.82) is 0 Å². The smallest absolute Gasteiger partial charge is 0.115 e. The molecule has 0 heterocycles. The molecule has 0 fully saturated rings. The summed E-state index contributed by atoms with van der Waals surface area (Å²) < 4.78 is 0. The molecular weight excluding hydrogens is 364 g/mol. The molecule has 3 rings (SSSR count). The van der Waals surface area contributed by atoms with Crippen LogP contribution in [0.1, 0.15) is 63.6 Å². The van der Waals surface area contributed by atoms with E-state index in [0.29, 0.717) is 11.7 Å². The largest absolute Gasteiger partial charge is 0.508 e. The van der Waals surface area contributed by atoms with E-state index in [2.05, 4.69) is 88.4 Å². The van der Waals surface area contributed by atoms with E-state index in [1.807, 2.05) is 12.1 Å². The molecule has 0 aliphatic heterocycles. The lowest BCUT2D eigenvalue weighted by molar-refractivity contribution is 0.181. The third-order valence-electron chi connectivity index (χ3n) is 6.92. The van der Waals surface area contributed by atoms with Crippen molar-refractivity contribution in [1.82, 2.24) is 0 Å². The molecule has 3 aromatic rings. The van der Waals surface area contributed by atoms with Crippen LogP contribution >= 0.6 is 0 Å². The average molecular weight is 401 g/mol. The van der Waals surface area contributed by atoms with Gasteiger partial charge in [-0.25, -0.2) is 0 Å². The van der Waals surface area contributed by atoms with Gasteiger partial charge in [-0.1, -0.05) is 107 Å². The summed E-state index contributed by atoms with van der Waals surface area (Å²) >= 11 is 0. The molecule has 0 bridgehead atoms. The van der Waals surface area contributed by atoms with Gasteiger partial charge in [0.05, 0.1) is 0 Å². The fraction of sp³-hybridized carbons (Fsp3) is 0.379. The van der Waals surface area contributed by atoms with Crippen molar-refractivity contribution in [2.45, 2.75) is 64.2 Å². The van der Waals surface area contributed by atoms with Gasteiger partial charge in [-0.3, -0.25) is 0 Å². The summed E-state index contributed by atoms with van der Waals surface area (Å²) in [4.78, 5) is 0. The van der Waals surface area contributed by atoms with E-state index in [0.717, 1.165) is 12.8 Å². The van der Waals surface area contributed by atoms with E-state index in [1.54, 1.807) is 12.1 Å². The molecule has 0 aromatic heterocycles. The van der Waals surface area contributed by atoms with E-state index >= 15 is 0 Å². The van der Waals surface area contributed by atoms with Crippen molar-refractivity contribution in [2.24, 2.45) is 5.92 Å². The van der Waals surface area contributed by atoms with Crippen molar-refractivity contribution in [3.05, 3.63) is 102 Å². The van der Waals surface area contributed by atoms with Gasteiger partial charge in [0, 0.05) is 0 Å². The molecule has 0 amide bonds. The summed E-state index contributed by atoms with van der Waals surface area (Å²) in [6.45, 7) is 9.66. The summed E-state index contributed by atoms with van der Waals surface area (Å²) in [7, 11) is 0. The highest BCUT2D eigenvalue weighted by molar-refractivity contribution is 5.31. The first-order valence-electron chi connectivity index (χ1n) is 11.2. The zero-order chi connectivity index (χ0) is 21.6. The number of rotatable bonds is 9. The van der Waals surface area contributed by atoms with E-state index in [1.165, 1.54) is 29.5 Å². The molecule has 1 N–H and O–H groups in total. The minimum Gasteiger partial charge on any atom is -0.508 e. The highest BCUT2D eigenvalue weighted by atomic mass is 16.3. The number of aromatic hydroxyl groups is 1. The van der Waals surface area contributed by atoms with E-state index < -0.39 is 0 Å². The first-order chi connectivity index (χ1) is 14.3. The first kappa shape index (κ1) is 22.2.